The minimum absolute atomic E-state index is 0.0235. The lowest BCUT2D eigenvalue weighted by atomic mass is 9.99. The topological polar surface area (TPSA) is 160 Å². The highest BCUT2D eigenvalue weighted by atomic mass is 19.2. The van der Waals surface area contributed by atoms with E-state index in [2.05, 4.69) is 25.5 Å². The number of rotatable bonds is 13. The van der Waals surface area contributed by atoms with Crippen LogP contribution in [0.5, 0.6) is 0 Å². The number of nitrogens with zero attached hydrogens (tertiary/aromatic N) is 6. The number of ketones is 2. The van der Waals surface area contributed by atoms with Gasteiger partial charge in [-0.3, -0.25) is 28.9 Å². The van der Waals surface area contributed by atoms with Crippen LogP contribution in [0.4, 0.5) is 22.4 Å². The Labute approximate surface area is 338 Å². The van der Waals surface area contributed by atoms with Crippen molar-refractivity contribution in [3.8, 4) is 22.5 Å². The number of hydrogen-bond acceptors (Lipinski definition) is 9. The first-order chi connectivity index (χ1) is 27.9. The van der Waals surface area contributed by atoms with Crippen LogP contribution in [0.25, 0.3) is 22.5 Å². The lowest BCUT2D eigenvalue weighted by Gasteiger charge is -2.23. The van der Waals surface area contributed by atoms with E-state index in [0.717, 1.165) is 46.8 Å². The third kappa shape index (κ3) is 12.5. The van der Waals surface area contributed by atoms with Gasteiger partial charge in [-0.05, 0) is 105 Å². The van der Waals surface area contributed by atoms with E-state index in [1.54, 1.807) is 75.1 Å². The molecule has 0 fully saturated rings. The van der Waals surface area contributed by atoms with Crippen LogP contribution >= 0.6 is 0 Å². The first kappa shape index (κ1) is 43.6. The van der Waals surface area contributed by atoms with E-state index in [4.69, 9.17) is 10.5 Å². The van der Waals surface area contributed by atoms with Crippen LogP contribution in [-0.4, -0.2) is 64.9 Å². The number of hydrogen-bond donors (Lipinski definition) is 2. The van der Waals surface area contributed by atoms with E-state index in [-0.39, 0.29) is 37.2 Å². The molecule has 2 atom stereocenters. The van der Waals surface area contributed by atoms with Crippen molar-refractivity contribution in [1.82, 2.24) is 34.8 Å². The Morgan fingerprint density at radius 3 is 1.54 bits per heavy atom. The zero-order chi connectivity index (χ0) is 42.9. The van der Waals surface area contributed by atoms with Crippen molar-refractivity contribution in [3.05, 3.63) is 143 Å². The number of benzene rings is 2. The normalized spacial score (nSPS) is 12.2. The Hall–Kier alpha value is -6.55. The number of aryl methyl sites for hydroxylation is 2. The molecule has 0 aliphatic carbocycles. The molecule has 0 bridgehead atoms. The van der Waals surface area contributed by atoms with Gasteiger partial charge in [-0.2, -0.15) is 10.2 Å². The molecule has 308 valence electrons. The summed E-state index contributed by atoms with van der Waals surface area (Å²) in [6.07, 6.45) is 6.08. The summed E-state index contributed by atoms with van der Waals surface area (Å²) < 4.78 is 61.8. The monoisotopic (exact) mass is 812 g/mol. The van der Waals surface area contributed by atoms with E-state index < -0.39 is 47.0 Å². The highest BCUT2D eigenvalue weighted by Crippen LogP contribution is 2.21. The molecule has 0 spiro atoms. The molecule has 0 unspecified atom stereocenters. The number of carbonyl (C=O) groups excluding carboxylic acids is 3. The van der Waals surface area contributed by atoms with Crippen LogP contribution in [0.1, 0.15) is 43.3 Å². The van der Waals surface area contributed by atoms with E-state index in [9.17, 15) is 31.9 Å². The van der Waals surface area contributed by atoms with Crippen molar-refractivity contribution in [3.63, 3.8) is 0 Å². The Bertz CT molecular complexity index is 2400. The molecule has 4 aromatic heterocycles. The summed E-state index contributed by atoms with van der Waals surface area (Å²) in [5.41, 5.74) is 10.6. The summed E-state index contributed by atoms with van der Waals surface area (Å²) in [5, 5.41) is 11.4. The molecule has 59 heavy (non-hydrogen) atoms. The number of amides is 1. The minimum Gasteiger partial charge on any atom is -0.444 e. The molecule has 0 saturated heterocycles. The second-order valence-corrected chi connectivity index (χ2v) is 14.8. The van der Waals surface area contributed by atoms with Crippen LogP contribution in [0, 0.1) is 23.3 Å². The molecule has 4 heterocycles. The first-order valence-corrected chi connectivity index (χ1v) is 18.5. The number of alkyl carbamates (subject to hydrolysis) is 1. The quantitative estimate of drug-likeness (QED) is 0.125. The molecule has 12 nitrogen and oxygen atoms in total. The maximum Gasteiger partial charge on any atom is 0.408 e. The van der Waals surface area contributed by atoms with Crippen molar-refractivity contribution in [2.45, 2.75) is 64.1 Å². The van der Waals surface area contributed by atoms with Gasteiger partial charge >= 0.3 is 6.09 Å². The van der Waals surface area contributed by atoms with Crippen LogP contribution in [-0.2, 0) is 54.1 Å². The summed E-state index contributed by atoms with van der Waals surface area (Å²) in [5.74, 6) is -4.40. The van der Waals surface area contributed by atoms with Gasteiger partial charge in [0.2, 0.25) is 0 Å². The lowest BCUT2D eigenvalue weighted by Crippen LogP contribution is -2.45. The van der Waals surface area contributed by atoms with Gasteiger partial charge in [0.05, 0.1) is 36.3 Å². The Morgan fingerprint density at radius 1 is 0.661 bits per heavy atom. The zero-order valence-corrected chi connectivity index (χ0v) is 33.1. The van der Waals surface area contributed by atoms with Crippen molar-refractivity contribution < 1.29 is 36.7 Å². The van der Waals surface area contributed by atoms with Crippen molar-refractivity contribution >= 4 is 17.7 Å². The summed E-state index contributed by atoms with van der Waals surface area (Å²) >= 11 is 0. The summed E-state index contributed by atoms with van der Waals surface area (Å²) in [7, 11) is 3.48. The molecule has 1 amide bonds. The Kier molecular flexibility index (Phi) is 14.2. The zero-order valence-electron chi connectivity index (χ0n) is 33.1. The molecule has 6 rings (SSSR count). The predicted octanol–water partition coefficient (Wildman–Crippen LogP) is 6.45. The third-order valence-electron chi connectivity index (χ3n) is 8.97. The Balaban J connectivity index is 0.000000230. The highest BCUT2D eigenvalue weighted by Gasteiger charge is 2.26. The number of pyridine rings is 2. The Morgan fingerprint density at radius 2 is 1.10 bits per heavy atom. The molecule has 0 radical (unpaired) electrons. The fourth-order valence-electron chi connectivity index (χ4n) is 5.91. The highest BCUT2D eigenvalue weighted by molar-refractivity contribution is 5.89. The number of aromatic nitrogens is 6. The fraction of sp³-hybridized carbons (Fsp3) is 0.279. The maximum absolute atomic E-state index is 13.7. The molecule has 0 saturated carbocycles. The van der Waals surface area contributed by atoms with Crippen LogP contribution in [0.15, 0.2) is 97.6 Å². The predicted molar refractivity (Wildman–Crippen MR) is 212 cm³/mol. The van der Waals surface area contributed by atoms with E-state index in [1.807, 2.05) is 30.3 Å². The fourth-order valence-corrected chi connectivity index (χ4v) is 5.91. The minimum atomic E-state index is -1.02. The van der Waals surface area contributed by atoms with Crippen molar-refractivity contribution in [2.24, 2.45) is 19.8 Å². The summed E-state index contributed by atoms with van der Waals surface area (Å²) in [6, 6.07) is 16.0. The summed E-state index contributed by atoms with van der Waals surface area (Å²) in [6.45, 7) is 5.11. The molecule has 3 N–H and O–H groups in total. The lowest BCUT2D eigenvalue weighted by molar-refractivity contribution is -0.121. The smallest absolute Gasteiger partial charge is 0.408 e. The van der Waals surface area contributed by atoms with Crippen molar-refractivity contribution in [1.29, 1.82) is 0 Å². The maximum atomic E-state index is 13.7. The molecule has 6 aromatic rings. The number of nitrogens with one attached hydrogen (secondary N) is 1. The molecule has 2 aromatic carbocycles. The number of halogens is 4. The van der Waals surface area contributed by atoms with Crippen LogP contribution in [0.2, 0.25) is 0 Å². The molecule has 0 aliphatic rings. The average molecular weight is 813 g/mol. The van der Waals surface area contributed by atoms with Gasteiger partial charge in [-0.15, -0.1) is 0 Å². The average Bonchev–Trinajstić information content (AvgIpc) is 3.75. The SMILES string of the molecule is Cn1nc(-c2ccncc2)cc1CC(=O)[C@@H](N)Cc1ccc(F)c(F)c1.Cn1nc(-c2ccncc2)cc1CC(=O)[C@H](Cc1ccc(F)c(F)c1)NC(=O)OC(C)(C)C. The van der Waals surface area contributed by atoms with Gasteiger partial charge in [0.25, 0.3) is 0 Å². The van der Waals surface area contributed by atoms with Gasteiger partial charge in [0.15, 0.2) is 34.8 Å². The molecular formula is C43H44F4N8O4. The number of carbonyl (C=O) groups is 3. The molecular weight excluding hydrogens is 769 g/mol. The van der Waals surface area contributed by atoms with E-state index in [0.29, 0.717) is 22.5 Å². The molecule has 16 heteroatoms. The second-order valence-electron chi connectivity index (χ2n) is 14.8. The van der Waals surface area contributed by atoms with Crippen molar-refractivity contribution in [2.75, 3.05) is 0 Å². The number of nitrogens with two attached hydrogens (primary N) is 1. The summed E-state index contributed by atoms with van der Waals surface area (Å²) in [4.78, 5) is 45.9. The van der Waals surface area contributed by atoms with Gasteiger partial charge in [0.1, 0.15) is 5.60 Å². The van der Waals surface area contributed by atoms with Gasteiger partial charge in [-0.25, -0.2) is 22.4 Å². The third-order valence-corrected chi connectivity index (χ3v) is 8.97. The number of ether oxygens (including phenoxy) is 1. The van der Waals surface area contributed by atoms with Gasteiger partial charge < -0.3 is 15.8 Å². The van der Waals surface area contributed by atoms with E-state index >= 15 is 0 Å². The number of Topliss-reactive ketones (excluding diaryl/α,β-unsaturated/α-hetero) is 2. The van der Waals surface area contributed by atoms with Gasteiger partial charge in [0, 0.05) is 61.4 Å². The standard InChI is InChI=1S/C24H26F2N4O3.C19H18F2N4O/c1-24(2,3)33-23(32)28-21(12-15-5-6-18(25)19(26)11-15)22(31)14-17-13-20(29-30(17)4)16-7-9-27-10-8-16;1-25-14(10-18(24-25)13-4-6-23-7-5-13)11-19(26)17(22)9-12-2-3-15(20)16(21)8-12/h5-11,13,21H,12,14H2,1-4H3,(H,28,32);2-8,10,17H,9,11,22H2,1H3/t21-;17-/m00/s1. The van der Waals surface area contributed by atoms with Crippen LogP contribution < -0.4 is 11.1 Å². The molecule has 0 aliphatic heterocycles. The first-order valence-electron chi connectivity index (χ1n) is 18.5. The largest absolute Gasteiger partial charge is 0.444 e. The second kappa shape index (κ2) is 19.3. The van der Waals surface area contributed by atoms with Crippen LogP contribution in [0.3, 0.4) is 0 Å². The van der Waals surface area contributed by atoms with E-state index in [1.165, 1.54) is 12.1 Å². The van der Waals surface area contributed by atoms with Gasteiger partial charge in [-0.1, -0.05) is 12.1 Å².